The molecule has 0 unspecified atom stereocenters. The van der Waals surface area contributed by atoms with Crippen molar-refractivity contribution in [3.63, 3.8) is 0 Å². The molecule has 1 aliphatic heterocycles. The van der Waals surface area contributed by atoms with Crippen LogP contribution in [-0.2, 0) is 13.0 Å². The van der Waals surface area contributed by atoms with E-state index >= 15 is 0 Å². The molecule has 4 rings (SSSR count). The SMILES string of the molecule is CCN1CCc2nc3ccccc3c(C(=O)NCCOc3ccc(OC)cc3)c2C1. The summed E-state index contributed by atoms with van der Waals surface area (Å²) in [6.45, 7) is 5.66. The highest BCUT2D eigenvalue weighted by Crippen LogP contribution is 2.28. The maximum Gasteiger partial charge on any atom is 0.252 e. The van der Waals surface area contributed by atoms with E-state index in [9.17, 15) is 4.79 Å². The van der Waals surface area contributed by atoms with E-state index in [2.05, 4.69) is 17.1 Å². The smallest absolute Gasteiger partial charge is 0.252 e. The van der Waals surface area contributed by atoms with Gasteiger partial charge >= 0.3 is 0 Å². The Hall–Kier alpha value is -3.12. The first-order valence-electron chi connectivity index (χ1n) is 10.4. The van der Waals surface area contributed by atoms with Gasteiger partial charge in [0.25, 0.3) is 5.91 Å². The molecule has 156 valence electrons. The van der Waals surface area contributed by atoms with Crippen LogP contribution in [0, 0.1) is 0 Å². The van der Waals surface area contributed by atoms with E-state index in [0.29, 0.717) is 13.2 Å². The van der Waals surface area contributed by atoms with Gasteiger partial charge in [-0.3, -0.25) is 14.7 Å². The molecule has 0 bridgehead atoms. The molecule has 0 saturated heterocycles. The molecular formula is C24H27N3O3. The first-order valence-corrected chi connectivity index (χ1v) is 10.4. The standard InChI is InChI=1S/C24H27N3O3/c1-3-27-14-12-22-20(16-27)23(19-6-4-5-7-21(19)26-22)24(28)25-13-15-30-18-10-8-17(29-2)9-11-18/h4-11H,3,12-16H2,1-2H3,(H,25,28). The summed E-state index contributed by atoms with van der Waals surface area (Å²) in [7, 11) is 1.63. The first kappa shape index (κ1) is 20.2. The molecule has 30 heavy (non-hydrogen) atoms. The van der Waals surface area contributed by atoms with E-state index in [-0.39, 0.29) is 5.91 Å². The van der Waals surface area contributed by atoms with Crippen molar-refractivity contribution in [1.29, 1.82) is 0 Å². The van der Waals surface area contributed by atoms with E-state index in [4.69, 9.17) is 14.5 Å². The van der Waals surface area contributed by atoms with Crippen LogP contribution in [0.4, 0.5) is 0 Å². The van der Waals surface area contributed by atoms with Gasteiger partial charge in [-0.15, -0.1) is 0 Å². The zero-order valence-electron chi connectivity index (χ0n) is 17.5. The number of aromatic nitrogens is 1. The summed E-state index contributed by atoms with van der Waals surface area (Å²) in [5.41, 5.74) is 3.72. The van der Waals surface area contributed by atoms with Crippen molar-refractivity contribution in [2.24, 2.45) is 0 Å². The quantitative estimate of drug-likeness (QED) is 0.610. The van der Waals surface area contributed by atoms with Gasteiger partial charge in [-0.2, -0.15) is 0 Å². The number of carbonyl (C=O) groups is 1. The monoisotopic (exact) mass is 405 g/mol. The largest absolute Gasteiger partial charge is 0.497 e. The van der Waals surface area contributed by atoms with Gasteiger partial charge in [0.1, 0.15) is 18.1 Å². The number of methoxy groups -OCH3 is 1. The summed E-state index contributed by atoms with van der Waals surface area (Å²) in [5, 5.41) is 3.94. The van der Waals surface area contributed by atoms with Crippen LogP contribution >= 0.6 is 0 Å². The Balaban J connectivity index is 1.49. The summed E-state index contributed by atoms with van der Waals surface area (Å²) < 4.78 is 10.9. The number of amides is 1. The van der Waals surface area contributed by atoms with Gasteiger partial charge in [0, 0.05) is 36.2 Å². The Labute approximate surface area is 176 Å². The van der Waals surface area contributed by atoms with Gasteiger partial charge in [-0.1, -0.05) is 25.1 Å². The normalized spacial score (nSPS) is 13.7. The topological polar surface area (TPSA) is 63.7 Å². The summed E-state index contributed by atoms with van der Waals surface area (Å²) >= 11 is 0. The van der Waals surface area contributed by atoms with Crippen molar-refractivity contribution in [2.45, 2.75) is 19.9 Å². The Morgan fingerprint density at radius 2 is 1.90 bits per heavy atom. The van der Waals surface area contributed by atoms with Crippen LogP contribution in [0.5, 0.6) is 11.5 Å². The van der Waals surface area contributed by atoms with Crippen molar-refractivity contribution in [2.75, 3.05) is 33.4 Å². The maximum absolute atomic E-state index is 13.2. The summed E-state index contributed by atoms with van der Waals surface area (Å²) in [6.07, 6.45) is 0.870. The fraction of sp³-hybridized carbons (Fsp3) is 0.333. The third-order valence-electron chi connectivity index (χ3n) is 5.52. The number of hydrogen-bond donors (Lipinski definition) is 1. The Morgan fingerprint density at radius 1 is 1.13 bits per heavy atom. The van der Waals surface area contributed by atoms with Gasteiger partial charge in [0.2, 0.25) is 0 Å². The van der Waals surface area contributed by atoms with Crippen molar-refractivity contribution < 1.29 is 14.3 Å². The van der Waals surface area contributed by atoms with Crippen molar-refractivity contribution in [3.8, 4) is 11.5 Å². The number of hydrogen-bond acceptors (Lipinski definition) is 5. The number of carbonyl (C=O) groups excluding carboxylic acids is 1. The average Bonchev–Trinajstić information content (AvgIpc) is 2.80. The predicted molar refractivity (Wildman–Crippen MR) is 117 cm³/mol. The minimum Gasteiger partial charge on any atom is -0.497 e. The Morgan fingerprint density at radius 3 is 2.67 bits per heavy atom. The highest BCUT2D eigenvalue weighted by atomic mass is 16.5. The molecule has 3 aromatic rings. The number of fused-ring (bicyclic) bond motifs is 2. The number of para-hydroxylation sites is 1. The van der Waals surface area contributed by atoms with Crippen LogP contribution in [0.15, 0.2) is 48.5 Å². The van der Waals surface area contributed by atoms with Crippen LogP contribution in [0.1, 0.15) is 28.5 Å². The molecule has 1 amide bonds. The van der Waals surface area contributed by atoms with E-state index in [1.54, 1.807) is 7.11 Å². The average molecular weight is 405 g/mol. The molecule has 0 radical (unpaired) electrons. The lowest BCUT2D eigenvalue weighted by atomic mass is 9.95. The fourth-order valence-electron chi connectivity index (χ4n) is 3.87. The van der Waals surface area contributed by atoms with E-state index in [0.717, 1.165) is 65.3 Å². The van der Waals surface area contributed by atoms with E-state index < -0.39 is 0 Å². The van der Waals surface area contributed by atoms with Crippen LogP contribution in [-0.4, -0.2) is 49.1 Å². The fourth-order valence-corrected chi connectivity index (χ4v) is 3.87. The number of ether oxygens (including phenoxy) is 2. The lowest BCUT2D eigenvalue weighted by molar-refractivity contribution is 0.0945. The molecule has 1 N–H and O–H groups in total. The summed E-state index contributed by atoms with van der Waals surface area (Å²) in [6, 6.07) is 15.3. The van der Waals surface area contributed by atoms with Crippen LogP contribution in [0.3, 0.4) is 0 Å². The predicted octanol–water partition coefficient (Wildman–Crippen LogP) is 3.43. The molecule has 1 aliphatic rings. The zero-order chi connectivity index (χ0) is 20.9. The highest BCUT2D eigenvalue weighted by Gasteiger charge is 2.25. The molecule has 1 aromatic heterocycles. The molecule has 6 nitrogen and oxygen atoms in total. The molecule has 0 saturated carbocycles. The zero-order valence-corrected chi connectivity index (χ0v) is 17.5. The second-order valence-corrected chi connectivity index (χ2v) is 7.33. The molecule has 0 atom stereocenters. The van der Waals surface area contributed by atoms with Gasteiger partial charge < -0.3 is 14.8 Å². The lowest BCUT2D eigenvalue weighted by Crippen LogP contribution is -2.35. The Kier molecular flexibility index (Phi) is 6.14. The molecular weight excluding hydrogens is 378 g/mol. The first-order chi connectivity index (χ1) is 14.7. The number of nitrogens with zero attached hydrogens (tertiary/aromatic N) is 2. The van der Waals surface area contributed by atoms with Gasteiger partial charge in [-0.25, -0.2) is 0 Å². The molecule has 2 heterocycles. The third kappa shape index (κ3) is 4.24. The maximum atomic E-state index is 13.2. The van der Waals surface area contributed by atoms with Crippen LogP contribution in [0.2, 0.25) is 0 Å². The van der Waals surface area contributed by atoms with Crippen molar-refractivity contribution in [3.05, 3.63) is 65.4 Å². The number of rotatable bonds is 7. The summed E-state index contributed by atoms with van der Waals surface area (Å²) in [4.78, 5) is 20.4. The molecule has 0 aliphatic carbocycles. The third-order valence-corrected chi connectivity index (χ3v) is 5.52. The molecule has 6 heteroatoms. The van der Waals surface area contributed by atoms with Crippen LogP contribution < -0.4 is 14.8 Å². The summed E-state index contributed by atoms with van der Waals surface area (Å²) in [5.74, 6) is 1.46. The second-order valence-electron chi connectivity index (χ2n) is 7.33. The minimum atomic E-state index is -0.0684. The van der Waals surface area contributed by atoms with Gasteiger partial charge in [0.15, 0.2) is 0 Å². The van der Waals surface area contributed by atoms with Crippen molar-refractivity contribution in [1.82, 2.24) is 15.2 Å². The van der Waals surface area contributed by atoms with Gasteiger partial charge in [-0.05, 0) is 36.9 Å². The molecule has 0 fully saturated rings. The number of likely N-dealkylation sites (N-methyl/N-ethyl adjacent to an activating group) is 1. The lowest BCUT2D eigenvalue weighted by Gasteiger charge is -2.29. The minimum absolute atomic E-state index is 0.0684. The van der Waals surface area contributed by atoms with E-state index in [1.165, 1.54) is 0 Å². The van der Waals surface area contributed by atoms with Crippen molar-refractivity contribution >= 4 is 16.8 Å². The number of pyridine rings is 1. The van der Waals surface area contributed by atoms with E-state index in [1.807, 2.05) is 48.5 Å². The molecule has 0 spiro atoms. The molecule has 2 aromatic carbocycles. The number of nitrogens with one attached hydrogen (secondary N) is 1. The Bertz CT molecular complexity index is 1030. The highest BCUT2D eigenvalue weighted by molar-refractivity contribution is 6.07. The second kappa shape index (κ2) is 9.13. The van der Waals surface area contributed by atoms with Gasteiger partial charge in [0.05, 0.1) is 24.7 Å². The number of benzene rings is 2. The van der Waals surface area contributed by atoms with Crippen LogP contribution in [0.25, 0.3) is 10.9 Å².